The molecule has 1 nitrogen and oxygen atoms in total. The van der Waals surface area contributed by atoms with Crippen molar-refractivity contribution in [3.8, 4) is 22.3 Å². The van der Waals surface area contributed by atoms with Crippen molar-refractivity contribution in [3.05, 3.63) is 83.4 Å². The fraction of sp³-hybridized carbons (Fsp3) is 0.419. The Bertz CT molecular complexity index is 1140. The summed E-state index contributed by atoms with van der Waals surface area (Å²) < 4.78 is 0. The van der Waals surface area contributed by atoms with Crippen LogP contribution in [-0.4, -0.2) is 0 Å². The van der Waals surface area contributed by atoms with Crippen LogP contribution in [0.25, 0.3) is 22.3 Å². The Morgan fingerprint density at radius 2 is 1.41 bits per heavy atom. The highest BCUT2D eigenvalue weighted by molar-refractivity contribution is 5.84. The van der Waals surface area contributed by atoms with E-state index in [4.69, 9.17) is 5.73 Å². The minimum Gasteiger partial charge on any atom is -0.321 e. The quantitative estimate of drug-likeness (QED) is 0.457. The molecule has 0 radical (unpaired) electrons. The first-order valence-electron chi connectivity index (χ1n) is 12.7. The van der Waals surface area contributed by atoms with Crippen LogP contribution >= 0.6 is 0 Å². The van der Waals surface area contributed by atoms with Crippen LogP contribution in [0, 0.1) is 11.8 Å². The first kappa shape index (κ1) is 20.2. The summed E-state index contributed by atoms with van der Waals surface area (Å²) in [5.74, 6) is 1.74. The van der Waals surface area contributed by atoms with Crippen LogP contribution in [0.5, 0.6) is 0 Å². The third-order valence-electron chi connectivity index (χ3n) is 9.23. The lowest BCUT2D eigenvalue weighted by atomic mass is 9.63. The molecule has 2 unspecified atom stereocenters. The number of hydrogen-bond acceptors (Lipinski definition) is 1. The molecule has 2 bridgehead atoms. The van der Waals surface area contributed by atoms with Gasteiger partial charge < -0.3 is 5.73 Å². The molecule has 2 fully saturated rings. The molecular formula is C31H35N. The van der Waals surface area contributed by atoms with Gasteiger partial charge in [0.2, 0.25) is 0 Å². The third kappa shape index (κ3) is 2.87. The topological polar surface area (TPSA) is 26.0 Å². The normalized spacial score (nSPS) is 25.7. The van der Waals surface area contributed by atoms with E-state index in [1.165, 1.54) is 59.9 Å². The standard InChI is InChI=1S/C31H35N/c1-3-31(32,4-2)25-13-15-27-26-14-12-24(23-8-6-5-7-9-23)17-28(26)30(29(27)18-25)19-21-10-11-22(16-21)20-30/h5-9,12-15,17-18,21-22H,3-4,10-11,16,19-20,32H2,1-2H3. The van der Waals surface area contributed by atoms with Gasteiger partial charge in [0.05, 0.1) is 0 Å². The molecule has 3 aromatic rings. The van der Waals surface area contributed by atoms with E-state index >= 15 is 0 Å². The summed E-state index contributed by atoms with van der Waals surface area (Å²) in [5.41, 5.74) is 16.9. The summed E-state index contributed by atoms with van der Waals surface area (Å²) in [4.78, 5) is 0. The van der Waals surface area contributed by atoms with Crippen molar-refractivity contribution >= 4 is 0 Å². The molecule has 0 heterocycles. The smallest absolute Gasteiger partial charge is 0.0404 e. The molecule has 3 aliphatic rings. The Kier molecular flexibility index (Phi) is 4.63. The number of rotatable bonds is 4. The van der Waals surface area contributed by atoms with Gasteiger partial charge in [-0.25, -0.2) is 0 Å². The minimum absolute atomic E-state index is 0.165. The summed E-state index contributed by atoms with van der Waals surface area (Å²) in [5, 5.41) is 0. The van der Waals surface area contributed by atoms with E-state index in [-0.39, 0.29) is 11.0 Å². The summed E-state index contributed by atoms with van der Waals surface area (Å²) in [7, 11) is 0. The van der Waals surface area contributed by atoms with E-state index in [9.17, 15) is 0 Å². The van der Waals surface area contributed by atoms with Crippen LogP contribution in [0.15, 0.2) is 66.7 Å². The van der Waals surface area contributed by atoms with Crippen LogP contribution in [-0.2, 0) is 11.0 Å². The molecule has 6 rings (SSSR count). The molecule has 3 aromatic carbocycles. The Morgan fingerprint density at radius 1 is 0.781 bits per heavy atom. The van der Waals surface area contributed by atoms with Crippen molar-refractivity contribution in [2.24, 2.45) is 17.6 Å². The maximum absolute atomic E-state index is 6.90. The van der Waals surface area contributed by atoms with Gasteiger partial charge in [-0.15, -0.1) is 0 Å². The van der Waals surface area contributed by atoms with Gasteiger partial charge in [-0.1, -0.05) is 87.4 Å². The van der Waals surface area contributed by atoms with Crippen molar-refractivity contribution in [1.82, 2.24) is 0 Å². The van der Waals surface area contributed by atoms with Crippen molar-refractivity contribution in [1.29, 1.82) is 0 Å². The Labute approximate surface area is 193 Å². The molecule has 2 N–H and O–H groups in total. The van der Waals surface area contributed by atoms with E-state index in [0.717, 1.165) is 24.7 Å². The Hall–Kier alpha value is -2.38. The number of hydrogen-bond donors (Lipinski definition) is 1. The molecule has 164 valence electrons. The molecule has 2 atom stereocenters. The zero-order valence-corrected chi connectivity index (χ0v) is 19.5. The second-order valence-corrected chi connectivity index (χ2v) is 10.8. The van der Waals surface area contributed by atoms with Crippen LogP contribution in [0.4, 0.5) is 0 Å². The zero-order chi connectivity index (χ0) is 21.9. The van der Waals surface area contributed by atoms with Crippen molar-refractivity contribution in [2.75, 3.05) is 0 Å². The molecule has 0 saturated heterocycles. The average Bonchev–Trinajstić information content (AvgIpc) is 3.32. The second-order valence-electron chi connectivity index (χ2n) is 10.8. The largest absolute Gasteiger partial charge is 0.321 e. The molecule has 1 heteroatoms. The SMILES string of the molecule is CCC(N)(CC)c1ccc2c(c1)C1(CC3CCC(C3)C1)c1cc(-c3ccccc3)ccc1-2. The van der Waals surface area contributed by atoms with Crippen LogP contribution in [0.2, 0.25) is 0 Å². The fourth-order valence-electron chi connectivity index (χ4n) is 7.33. The summed E-state index contributed by atoms with van der Waals surface area (Å²) in [6, 6.07) is 25.4. The molecule has 32 heavy (non-hydrogen) atoms. The molecule has 3 aliphatic carbocycles. The van der Waals surface area contributed by atoms with Gasteiger partial charge in [-0.05, 0) is 89.0 Å². The predicted octanol–water partition coefficient (Wildman–Crippen LogP) is 7.80. The van der Waals surface area contributed by atoms with Gasteiger partial charge in [0.25, 0.3) is 0 Å². The number of fused-ring (bicyclic) bond motifs is 7. The average molecular weight is 422 g/mol. The van der Waals surface area contributed by atoms with Gasteiger partial charge in [-0.2, -0.15) is 0 Å². The highest BCUT2D eigenvalue weighted by atomic mass is 14.7. The van der Waals surface area contributed by atoms with Gasteiger partial charge in [0, 0.05) is 11.0 Å². The number of nitrogens with two attached hydrogens (primary N) is 1. The highest BCUT2D eigenvalue weighted by Crippen LogP contribution is 2.61. The molecular weight excluding hydrogens is 386 g/mol. The fourth-order valence-corrected chi connectivity index (χ4v) is 7.33. The first-order chi connectivity index (χ1) is 15.6. The molecule has 0 aromatic heterocycles. The minimum atomic E-state index is -0.228. The van der Waals surface area contributed by atoms with Gasteiger partial charge >= 0.3 is 0 Å². The Morgan fingerprint density at radius 3 is 2.06 bits per heavy atom. The van der Waals surface area contributed by atoms with E-state index in [2.05, 4.69) is 80.6 Å². The number of benzene rings is 3. The summed E-state index contributed by atoms with van der Waals surface area (Å²) >= 11 is 0. The monoisotopic (exact) mass is 421 g/mol. The van der Waals surface area contributed by atoms with E-state index in [1.807, 2.05) is 0 Å². The van der Waals surface area contributed by atoms with Gasteiger partial charge in [-0.3, -0.25) is 0 Å². The molecule has 2 saturated carbocycles. The molecule has 0 aliphatic heterocycles. The summed E-state index contributed by atoms with van der Waals surface area (Å²) in [6.45, 7) is 4.46. The Balaban J connectivity index is 1.56. The zero-order valence-electron chi connectivity index (χ0n) is 19.5. The van der Waals surface area contributed by atoms with Crippen molar-refractivity contribution in [3.63, 3.8) is 0 Å². The van der Waals surface area contributed by atoms with Crippen LogP contribution in [0.1, 0.15) is 75.5 Å². The van der Waals surface area contributed by atoms with Gasteiger partial charge in [0.15, 0.2) is 0 Å². The lowest BCUT2D eigenvalue weighted by Gasteiger charge is -2.40. The van der Waals surface area contributed by atoms with Crippen LogP contribution < -0.4 is 5.73 Å². The van der Waals surface area contributed by atoms with Crippen LogP contribution in [0.3, 0.4) is 0 Å². The van der Waals surface area contributed by atoms with Gasteiger partial charge in [0.1, 0.15) is 0 Å². The van der Waals surface area contributed by atoms with Crippen molar-refractivity contribution < 1.29 is 0 Å². The van der Waals surface area contributed by atoms with E-state index in [1.54, 1.807) is 11.1 Å². The first-order valence-corrected chi connectivity index (χ1v) is 12.7. The maximum atomic E-state index is 6.90. The van der Waals surface area contributed by atoms with Crippen molar-refractivity contribution in [2.45, 2.75) is 69.7 Å². The van der Waals surface area contributed by atoms with E-state index in [0.29, 0.717) is 0 Å². The second kappa shape index (κ2) is 7.32. The maximum Gasteiger partial charge on any atom is 0.0404 e. The highest BCUT2D eigenvalue weighted by Gasteiger charge is 2.51. The lowest BCUT2D eigenvalue weighted by molar-refractivity contribution is 0.255. The molecule has 1 spiro atoms. The third-order valence-corrected chi connectivity index (χ3v) is 9.23. The van der Waals surface area contributed by atoms with E-state index < -0.39 is 0 Å². The predicted molar refractivity (Wildman–Crippen MR) is 135 cm³/mol. The summed E-state index contributed by atoms with van der Waals surface area (Å²) in [6.07, 6.45) is 8.84. The lowest BCUT2D eigenvalue weighted by Crippen LogP contribution is -2.36. The molecule has 0 amide bonds.